The second-order valence-electron chi connectivity index (χ2n) is 4.41. The second-order valence-corrected chi connectivity index (χ2v) is 4.41. The highest BCUT2D eigenvalue weighted by Crippen LogP contribution is 2.31. The van der Waals surface area contributed by atoms with Crippen molar-refractivity contribution in [3.63, 3.8) is 0 Å². The van der Waals surface area contributed by atoms with E-state index in [2.05, 4.69) is 13.8 Å². The quantitative estimate of drug-likeness (QED) is 0.705. The maximum atomic E-state index is 9.85. The zero-order valence-electron chi connectivity index (χ0n) is 8.34. The fourth-order valence-electron chi connectivity index (χ4n) is 1.76. The van der Waals surface area contributed by atoms with E-state index in [-0.39, 0.29) is 11.7 Å². The van der Waals surface area contributed by atoms with E-state index in [9.17, 15) is 5.11 Å². The van der Waals surface area contributed by atoms with E-state index in [4.69, 9.17) is 4.74 Å². The monoisotopic (exact) mass is 172 g/mol. The van der Waals surface area contributed by atoms with E-state index in [1.165, 1.54) is 0 Å². The van der Waals surface area contributed by atoms with Gasteiger partial charge in [-0.05, 0) is 32.1 Å². The number of aliphatic hydroxyl groups is 1. The lowest BCUT2D eigenvalue weighted by molar-refractivity contribution is -0.0843. The lowest BCUT2D eigenvalue weighted by atomic mass is 9.90. The summed E-state index contributed by atoms with van der Waals surface area (Å²) >= 11 is 0. The molecule has 72 valence electrons. The SMILES string of the molecule is CC(C)CC(O)C1(C)CCCO1. The molecule has 1 saturated heterocycles. The standard InChI is InChI=1S/C10H20O2/c1-8(2)7-9(11)10(3)5-4-6-12-10/h8-9,11H,4-7H2,1-3H3. The van der Waals surface area contributed by atoms with Crippen molar-refractivity contribution >= 4 is 0 Å². The van der Waals surface area contributed by atoms with E-state index < -0.39 is 0 Å². The van der Waals surface area contributed by atoms with Crippen LogP contribution in [0.25, 0.3) is 0 Å². The molecule has 1 heterocycles. The minimum Gasteiger partial charge on any atom is -0.390 e. The van der Waals surface area contributed by atoms with Crippen molar-refractivity contribution in [1.82, 2.24) is 0 Å². The molecule has 2 heteroatoms. The van der Waals surface area contributed by atoms with Gasteiger partial charge in [0.15, 0.2) is 0 Å². The summed E-state index contributed by atoms with van der Waals surface area (Å²) in [5, 5.41) is 9.85. The van der Waals surface area contributed by atoms with Gasteiger partial charge < -0.3 is 9.84 Å². The van der Waals surface area contributed by atoms with Gasteiger partial charge in [-0.2, -0.15) is 0 Å². The summed E-state index contributed by atoms with van der Waals surface area (Å²) in [5.41, 5.74) is -0.260. The summed E-state index contributed by atoms with van der Waals surface area (Å²) in [7, 11) is 0. The molecule has 0 saturated carbocycles. The first-order valence-corrected chi connectivity index (χ1v) is 4.86. The molecule has 0 bridgehead atoms. The molecule has 1 rings (SSSR count). The number of ether oxygens (including phenoxy) is 1. The van der Waals surface area contributed by atoms with Crippen molar-refractivity contribution in [3.8, 4) is 0 Å². The van der Waals surface area contributed by atoms with E-state index in [0.717, 1.165) is 25.9 Å². The van der Waals surface area contributed by atoms with Crippen molar-refractivity contribution < 1.29 is 9.84 Å². The van der Waals surface area contributed by atoms with Crippen LogP contribution in [0, 0.1) is 5.92 Å². The Morgan fingerprint density at radius 1 is 1.50 bits per heavy atom. The Morgan fingerprint density at radius 3 is 2.58 bits per heavy atom. The summed E-state index contributed by atoms with van der Waals surface area (Å²) in [5.74, 6) is 0.543. The average Bonchev–Trinajstić information content (AvgIpc) is 2.36. The molecule has 2 unspecified atom stereocenters. The summed E-state index contributed by atoms with van der Waals surface area (Å²) in [6.07, 6.45) is 2.64. The van der Waals surface area contributed by atoms with Crippen LogP contribution in [0.3, 0.4) is 0 Å². The minimum atomic E-state index is -0.292. The van der Waals surface area contributed by atoms with Crippen LogP contribution in [-0.2, 0) is 4.74 Å². The van der Waals surface area contributed by atoms with E-state index in [1.54, 1.807) is 0 Å². The van der Waals surface area contributed by atoms with Crippen LogP contribution in [0.2, 0.25) is 0 Å². The van der Waals surface area contributed by atoms with Crippen LogP contribution < -0.4 is 0 Å². The average molecular weight is 172 g/mol. The van der Waals surface area contributed by atoms with Gasteiger partial charge in [-0.25, -0.2) is 0 Å². The summed E-state index contributed by atoms with van der Waals surface area (Å²) in [6, 6.07) is 0. The zero-order valence-corrected chi connectivity index (χ0v) is 8.34. The molecule has 0 amide bonds. The number of aliphatic hydroxyl groups excluding tert-OH is 1. The molecule has 1 N–H and O–H groups in total. The lowest BCUT2D eigenvalue weighted by Gasteiger charge is -2.30. The predicted octanol–water partition coefficient (Wildman–Crippen LogP) is 1.96. The third-order valence-electron chi connectivity index (χ3n) is 2.65. The van der Waals surface area contributed by atoms with Gasteiger partial charge in [0.2, 0.25) is 0 Å². The van der Waals surface area contributed by atoms with Crippen molar-refractivity contribution in [1.29, 1.82) is 0 Å². The minimum absolute atomic E-state index is 0.260. The third-order valence-corrected chi connectivity index (χ3v) is 2.65. The zero-order chi connectivity index (χ0) is 9.19. The maximum Gasteiger partial charge on any atom is 0.0913 e. The van der Waals surface area contributed by atoms with Gasteiger partial charge in [-0.1, -0.05) is 13.8 Å². The summed E-state index contributed by atoms with van der Waals surface area (Å²) in [6.45, 7) is 7.09. The Balaban J connectivity index is 2.44. The van der Waals surface area contributed by atoms with Gasteiger partial charge in [-0.3, -0.25) is 0 Å². The molecule has 1 aliphatic rings. The Kier molecular flexibility index (Phi) is 3.13. The molecule has 0 aromatic heterocycles. The molecule has 0 aromatic carbocycles. The molecule has 12 heavy (non-hydrogen) atoms. The smallest absolute Gasteiger partial charge is 0.0913 e. The van der Waals surface area contributed by atoms with Crippen molar-refractivity contribution in [2.45, 2.75) is 51.7 Å². The number of hydrogen-bond acceptors (Lipinski definition) is 2. The third kappa shape index (κ3) is 2.20. The van der Waals surface area contributed by atoms with Gasteiger partial charge in [0.1, 0.15) is 0 Å². The summed E-state index contributed by atoms with van der Waals surface area (Å²) in [4.78, 5) is 0. The van der Waals surface area contributed by atoms with Crippen molar-refractivity contribution in [2.75, 3.05) is 6.61 Å². The largest absolute Gasteiger partial charge is 0.390 e. The van der Waals surface area contributed by atoms with E-state index in [1.807, 2.05) is 6.92 Å². The molecular formula is C10H20O2. The Labute approximate surface area is 74.9 Å². The van der Waals surface area contributed by atoms with Crippen molar-refractivity contribution in [3.05, 3.63) is 0 Å². The first kappa shape index (κ1) is 10.0. The first-order valence-electron chi connectivity index (χ1n) is 4.86. The van der Waals surface area contributed by atoms with Gasteiger partial charge >= 0.3 is 0 Å². The predicted molar refractivity (Wildman–Crippen MR) is 49.1 cm³/mol. The fraction of sp³-hybridized carbons (Fsp3) is 1.00. The van der Waals surface area contributed by atoms with Crippen LogP contribution in [0.1, 0.15) is 40.0 Å². The normalized spacial score (nSPS) is 32.8. The van der Waals surface area contributed by atoms with Crippen LogP contribution in [0.5, 0.6) is 0 Å². The molecule has 2 nitrogen and oxygen atoms in total. The lowest BCUT2D eigenvalue weighted by Crippen LogP contribution is -2.39. The fourth-order valence-corrected chi connectivity index (χ4v) is 1.76. The molecule has 0 radical (unpaired) electrons. The van der Waals surface area contributed by atoms with E-state index in [0.29, 0.717) is 5.92 Å². The molecule has 0 aliphatic carbocycles. The maximum absolute atomic E-state index is 9.85. The topological polar surface area (TPSA) is 29.5 Å². The Hall–Kier alpha value is -0.0800. The Bertz CT molecular complexity index is 137. The highest BCUT2D eigenvalue weighted by molar-refractivity contribution is 4.87. The summed E-state index contributed by atoms with van der Waals surface area (Å²) < 4.78 is 5.55. The Morgan fingerprint density at radius 2 is 2.17 bits per heavy atom. The van der Waals surface area contributed by atoms with Gasteiger partial charge in [0, 0.05) is 6.61 Å². The van der Waals surface area contributed by atoms with Crippen LogP contribution >= 0.6 is 0 Å². The first-order chi connectivity index (χ1) is 5.54. The van der Waals surface area contributed by atoms with Crippen LogP contribution in [-0.4, -0.2) is 23.4 Å². The van der Waals surface area contributed by atoms with Crippen molar-refractivity contribution in [2.24, 2.45) is 5.92 Å². The number of hydrogen-bond donors (Lipinski definition) is 1. The van der Waals surface area contributed by atoms with Gasteiger partial charge in [0.25, 0.3) is 0 Å². The molecule has 0 spiro atoms. The molecule has 0 aromatic rings. The molecule has 1 fully saturated rings. The molecular weight excluding hydrogens is 152 g/mol. The second kappa shape index (κ2) is 3.75. The van der Waals surface area contributed by atoms with E-state index >= 15 is 0 Å². The highest BCUT2D eigenvalue weighted by Gasteiger charge is 2.37. The van der Waals surface area contributed by atoms with Crippen LogP contribution in [0.15, 0.2) is 0 Å². The highest BCUT2D eigenvalue weighted by atomic mass is 16.5. The number of rotatable bonds is 3. The van der Waals surface area contributed by atoms with Gasteiger partial charge in [-0.15, -0.1) is 0 Å². The molecule has 2 atom stereocenters. The van der Waals surface area contributed by atoms with Gasteiger partial charge in [0.05, 0.1) is 11.7 Å². The van der Waals surface area contributed by atoms with Crippen LogP contribution in [0.4, 0.5) is 0 Å². The molecule has 1 aliphatic heterocycles.